The highest BCUT2D eigenvalue weighted by molar-refractivity contribution is 5.97. The molecule has 5 nitrogen and oxygen atoms in total. The number of nitrogens with one attached hydrogen (secondary N) is 1. The van der Waals surface area contributed by atoms with Crippen LogP contribution in [-0.4, -0.2) is 23.1 Å². The zero-order chi connectivity index (χ0) is 13.3. The average Bonchev–Trinajstić information content (AvgIpc) is 2.31. The summed E-state index contributed by atoms with van der Waals surface area (Å²) in [4.78, 5) is 22.2. The van der Waals surface area contributed by atoms with Gasteiger partial charge in [-0.1, -0.05) is 13.0 Å². The first-order valence-electron chi connectivity index (χ1n) is 5.80. The van der Waals surface area contributed by atoms with Gasteiger partial charge in [-0.05, 0) is 31.0 Å². The summed E-state index contributed by atoms with van der Waals surface area (Å²) in [5, 5.41) is 11.6. The molecule has 2 rings (SSSR count). The van der Waals surface area contributed by atoms with E-state index in [4.69, 9.17) is 9.84 Å². The molecule has 2 N–H and O–H groups in total. The van der Waals surface area contributed by atoms with Crippen LogP contribution >= 0.6 is 0 Å². The van der Waals surface area contributed by atoms with Crippen molar-refractivity contribution in [2.24, 2.45) is 5.92 Å². The summed E-state index contributed by atoms with van der Waals surface area (Å²) in [5.74, 6) is -0.847. The van der Waals surface area contributed by atoms with E-state index in [1.54, 1.807) is 32.0 Å². The van der Waals surface area contributed by atoms with Crippen LogP contribution in [0.25, 0.3) is 0 Å². The van der Waals surface area contributed by atoms with Crippen molar-refractivity contribution in [2.75, 3.05) is 5.32 Å². The molecule has 0 fully saturated rings. The van der Waals surface area contributed by atoms with Crippen molar-refractivity contribution in [3.05, 3.63) is 23.8 Å². The van der Waals surface area contributed by atoms with E-state index in [1.807, 2.05) is 0 Å². The van der Waals surface area contributed by atoms with Crippen LogP contribution < -0.4 is 10.1 Å². The van der Waals surface area contributed by atoms with Crippen molar-refractivity contribution in [1.29, 1.82) is 0 Å². The molecular formula is C13H15NO4. The number of amides is 1. The molecule has 0 radical (unpaired) electrons. The summed E-state index contributed by atoms with van der Waals surface area (Å²) in [5.41, 5.74) is 1.51. The van der Waals surface area contributed by atoms with E-state index in [1.165, 1.54) is 0 Å². The number of hydrogen-bond acceptors (Lipinski definition) is 3. The van der Waals surface area contributed by atoms with Gasteiger partial charge in [-0.25, -0.2) is 0 Å². The van der Waals surface area contributed by atoms with E-state index >= 15 is 0 Å². The van der Waals surface area contributed by atoms with Gasteiger partial charge in [-0.3, -0.25) is 9.59 Å². The molecule has 0 saturated heterocycles. The topological polar surface area (TPSA) is 75.6 Å². The number of carbonyl (C=O) groups is 2. The Morgan fingerprint density at radius 3 is 2.94 bits per heavy atom. The summed E-state index contributed by atoms with van der Waals surface area (Å²) >= 11 is 0. The Morgan fingerprint density at radius 1 is 1.56 bits per heavy atom. The molecule has 1 aliphatic heterocycles. The fraction of sp³-hybridized carbons (Fsp3) is 0.385. The molecule has 0 aromatic heterocycles. The molecule has 0 bridgehead atoms. The molecule has 96 valence electrons. The van der Waals surface area contributed by atoms with E-state index in [-0.39, 0.29) is 5.91 Å². The van der Waals surface area contributed by atoms with Gasteiger partial charge >= 0.3 is 5.97 Å². The second-order valence-corrected chi connectivity index (χ2v) is 4.52. The molecule has 2 atom stereocenters. The largest absolute Gasteiger partial charge is 0.481 e. The smallest absolute Gasteiger partial charge is 0.306 e. The zero-order valence-electron chi connectivity index (χ0n) is 10.3. The van der Waals surface area contributed by atoms with Gasteiger partial charge in [0.2, 0.25) is 0 Å². The Balaban J connectivity index is 2.20. The minimum Gasteiger partial charge on any atom is -0.481 e. The Morgan fingerprint density at radius 2 is 2.28 bits per heavy atom. The maximum absolute atomic E-state index is 11.4. The second kappa shape index (κ2) is 4.68. The van der Waals surface area contributed by atoms with E-state index in [2.05, 4.69) is 5.32 Å². The number of carbonyl (C=O) groups excluding carboxylic acids is 1. The quantitative estimate of drug-likeness (QED) is 0.854. The second-order valence-electron chi connectivity index (χ2n) is 4.52. The van der Waals surface area contributed by atoms with Crippen LogP contribution in [0.2, 0.25) is 0 Å². The van der Waals surface area contributed by atoms with Gasteiger partial charge in [-0.2, -0.15) is 0 Å². The van der Waals surface area contributed by atoms with Gasteiger partial charge in [0.1, 0.15) is 5.75 Å². The third-order valence-corrected chi connectivity index (χ3v) is 2.94. The molecule has 1 heterocycles. The molecule has 0 spiro atoms. The minimum atomic E-state index is -0.824. The molecule has 0 saturated carbocycles. The monoisotopic (exact) mass is 249 g/mol. The van der Waals surface area contributed by atoms with Gasteiger partial charge in [-0.15, -0.1) is 0 Å². The predicted octanol–water partition coefficient (Wildman–Crippen LogP) is 1.67. The summed E-state index contributed by atoms with van der Waals surface area (Å²) in [6.07, 6.45) is -0.0847. The standard InChI is InChI=1S/C13H15NO4/c1-7(13(16)17)5-9-3-4-10-11(6-9)18-8(2)12(15)14-10/h3-4,6-8H,5H2,1-2H3,(H,14,15)(H,16,17). The van der Waals surface area contributed by atoms with Crippen LogP contribution in [0.1, 0.15) is 19.4 Å². The molecule has 1 aromatic rings. The van der Waals surface area contributed by atoms with Crippen LogP contribution in [0.15, 0.2) is 18.2 Å². The highest BCUT2D eigenvalue weighted by atomic mass is 16.5. The van der Waals surface area contributed by atoms with Crippen molar-refractivity contribution >= 4 is 17.6 Å². The summed E-state index contributed by atoms with van der Waals surface area (Å²) in [6.45, 7) is 3.33. The number of ether oxygens (including phenoxy) is 1. The van der Waals surface area contributed by atoms with Crippen LogP contribution in [0.3, 0.4) is 0 Å². The Hall–Kier alpha value is -2.04. The lowest BCUT2D eigenvalue weighted by Crippen LogP contribution is -2.34. The lowest BCUT2D eigenvalue weighted by atomic mass is 10.0. The summed E-state index contributed by atoms with van der Waals surface area (Å²) < 4.78 is 5.47. The SMILES string of the molecule is CC(Cc1ccc2c(c1)OC(C)C(=O)N2)C(=O)O. The van der Waals surface area contributed by atoms with Crippen molar-refractivity contribution < 1.29 is 19.4 Å². The normalized spacial score (nSPS) is 19.4. The van der Waals surface area contributed by atoms with E-state index in [9.17, 15) is 9.59 Å². The first-order chi connectivity index (χ1) is 8.47. The number of aliphatic carboxylic acids is 1. The Labute approximate surface area is 105 Å². The van der Waals surface area contributed by atoms with E-state index in [0.29, 0.717) is 17.9 Å². The fourth-order valence-electron chi connectivity index (χ4n) is 1.81. The average molecular weight is 249 g/mol. The Bertz CT molecular complexity index is 498. The van der Waals surface area contributed by atoms with Gasteiger partial charge in [0.15, 0.2) is 6.10 Å². The molecule has 5 heteroatoms. The molecular weight excluding hydrogens is 234 g/mol. The molecule has 1 aliphatic rings. The summed E-state index contributed by atoms with van der Waals surface area (Å²) in [7, 11) is 0. The lowest BCUT2D eigenvalue weighted by molar-refractivity contribution is -0.141. The first kappa shape index (κ1) is 12.4. The number of anilines is 1. The number of carboxylic acid groups (broad SMARTS) is 1. The third-order valence-electron chi connectivity index (χ3n) is 2.94. The van der Waals surface area contributed by atoms with Crippen molar-refractivity contribution in [1.82, 2.24) is 0 Å². The third kappa shape index (κ3) is 2.45. The minimum absolute atomic E-state index is 0.172. The maximum Gasteiger partial charge on any atom is 0.306 e. The molecule has 1 aromatic carbocycles. The van der Waals surface area contributed by atoms with Crippen LogP contribution in [-0.2, 0) is 16.0 Å². The number of fused-ring (bicyclic) bond motifs is 1. The van der Waals surface area contributed by atoms with Crippen LogP contribution in [0.5, 0.6) is 5.75 Å². The van der Waals surface area contributed by atoms with Gasteiger partial charge in [0, 0.05) is 0 Å². The highest BCUT2D eigenvalue weighted by Crippen LogP contribution is 2.31. The fourth-order valence-corrected chi connectivity index (χ4v) is 1.81. The number of carboxylic acids is 1. The summed E-state index contributed by atoms with van der Waals surface area (Å²) in [6, 6.07) is 5.33. The van der Waals surface area contributed by atoms with Crippen LogP contribution in [0, 0.1) is 5.92 Å². The van der Waals surface area contributed by atoms with Crippen molar-refractivity contribution in [2.45, 2.75) is 26.4 Å². The van der Waals surface area contributed by atoms with Gasteiger partial charge < -0.3 is 15.2 Å². The van der Waals surface area contributed by atoms with E-state index < -0.39 is 18.0 Å². The maximum atomic E-state index is 11.4. The Kier molecular flexibility index (Phi) is 3.23. The first-order valence-corrected chi connectivity index (χ1v) is 5.80. The predicted molar refractivity (Wildman–Crippen MR) is 65.7 cm³/mol. The number of benzene rings is 1. The number of hydrogen-bond donors (Lipinski definition) is 2. The van der Waals surface area contributed by atoms with Crippen molar-refractivity contribution in [3.63, 3.8) is 0 Å². The molecule has 2 unspecified atom stereocenters. The van der Waals surface area contributed by atoms with Gasteiger partial charge in [0.05, 0.1) is 11.6 Å². The number of rotatable bonds is 3. The zero-order valence-corrected chi connectivity index (χ0v) is 10.3. The molecule has 18 heavy (non-hydrogen) atoms. The van der Waals surface area contributed by atoms with E-state index in [0.717, 1.165) is 5.56 Å². The molecule has 1 amide bonds. The lowest BCUT2D eigenvalue weighted by Gasteiger charge is -2.23. The van der Waals surface area contributed by atoms with Crippen molar-refractivity contribution in [3.8, 4) is 5.75 Å². The highest BCUT2D eigenvalue weighted by Gasteiger charge is 2.23. The molecule has 0 aliphatic carbocycles. The van der Waals surface area contributed by atoms with Crippen LogP contribution in [0.4, 0.5) is 5.69 Å². The van der Waals surface area contributed by atoms with Gasteiger partial charge in [0.25, 0.3) is 5.91 Å².